The largest absolute Gasteiger partial charge is 0.268 e. The predicted octanol–water partition coefficient (Wildman–Crippen LogP) is -0.832. The Morgan fingerprint density at radius 2 is 2.00 bits per heavy atom. The number of amides is 1. The van der Waals surface area contributed by atoms with Crippen molar-refractivity contribution >= 4 is 26.0 Å². The summed E-state index contributed by atoms with van der Waals surface area (Å²) in [5.74, 6) is -0.673. The first-order chi connectivity index (χ1) is 8.19. The van der Waals surface area contributed by atoms with E-state index in [9.17, 15) is 21.6 Å². The molecule has 0 aliphatic carbocycles. The first-order valence-electron chi connectivity index (χ1n) is 4.84. The Morgan fingerprint density at radius 3 is 2.61 bits per heavy atom. The Hall–Kier alpha value is -1.45. The van der Waals surface area contributed by atoms with Crippen LogP contribution in [0.5, 0.6) is 0 Å². The van der Waals surface area contributed by atoms with Gasteiger partial charge in [0, 0.05) is 6.54 Å². The van der Waals surface area contributed by atoms with E-state index < -0.39 is 26.0 Å². The van der Waals surface area contributed by atoms with Gasteiger partial charge < -0.3 is 0 Å². The highest BCUT2D eigenvalue weighted by Gasteiger charge is 2.32. The van der Waals surface area contributed by atoms with E-state index in [4.69, 9.17) is 0 Å². The van der Waals surface area contributed by atoms with Crippen LogP contribution in [-0.2, 0) is 26.6 Å². The molecule has 0 aromatic heterocycles. The lowest BCUT2D eigenvalue weighted by atomic mass is 10.1. The molecule has 2 N–H and O–H groups in total. The number of sulfonamides is 2. The molecular formula is C9H10N2O5S2. The Bertz CT molecular complexity index is 721. The van der Waals surface area contributed by atoms with Crippen LogP contribution in [-0.4, -0.2) is 29.0 Å². The van der Waals surface area contributed by atoms with Crippen LogP contribution in [0.3, 0.4) is 0 Å². The van der Waals surface area contributed by atoms with Crippen molar-refractivity contribution in [3.8, 4) is 0 Å². The quantitative estimate of drug-likeness (QED) is 0.755. The molecule has 2 rings (SSSR count). The van der Waals surface area contributed by atoms with Crippen molar-refractivity contribution in [1.29, 1.82) is 0 Å². The second-order valence-corrected chi connectivity index (χ2v) is 7.34. The monoisotopic (exact) mass is 290 g/mol. The molecule has 0 radical (unpaired) electrons. The number of hydrogen-bond donors (Lipinski definition) is 2. The molecule has 1 amide bonds. The van der Waals surface area contributed by atoms with E-state index in [0.717, 1.165) is 6.26 Å². The topological polar surface area (TPSA) is 109 Å². The summed E-state index contributed by atoms with van der Waals surface area (Å²) < 4.78 is 49.0. The molecule has 0 bridgehead atoms. The molecule has 9 heteroatoms. The third-order valence-corrected chi connectivity index (χ3v) is 4.39. The highest BCUT2D eigenvalue weighted by molar-refractivity contribution is 7.90. The fourth-order valence-corrected chi connectivity index (χ4v) is 3.18. The number of benzene rings is 1. The lowest BCUT2D eigenvalue weighted by Crippen LogP contribution is -2.21. The van der Waals surface area contributed by atoms with E-state index >= 15 is 0 Å². The molecule has 1 aliphatic rings. The molecule has 0 spiro atoms. The van der Waals surface area contributed by atoms with Gasteiger partial charge >= 0.3 is 0 Å². The molecule has 98 valence electrons. The molecule has 18 heavy (non-hydrogen) atoms. The van der Waals surface area contributed by atoms with Gasteiger partial charge in [-0.1, -0.05) is 6.07 Å². The fourth-order valence-electron chi connectivity index (χ4n) is 1.53. The van der Waals surface area contributed by atoms with Gasteiger partial charge in [-0.15, -0.1) is 0 Å². The van der Waals surface area contributed by atoms with Crippen LogP contribution in [0.1, 0.15) is 15.9 Å². The summed E-state index contributed by atoms with van der Waals surface area (Å²) in [6.07, 6.45) is 1.00. The maximum absolute atomic E-state index is 11.5. The van der Waals surface area contributed by atoms with Crippen LogP contribution in [0.4, 0.5) is 0 Å². The molecule has 0 atom stereocenters. The van der Waals surface area contributed by atoms with E-state index in [-0.39, 0.29) is 17.0 Å². The van der Waals surface area contributed by atoms with Crippen molar-refractivity contribution in [3.05, 3.63) is 29.3 Å². The van der Waals surface area contributed by atoms with Crippen LogP contribution < -0.4 is 9.44 Å². The van der Waals surface area contributed by atoms with Crippen molar-refractivity contribution in [1.82, 2.24) is 9.44 Å². The summed E-state index contributed by atoms with van der Waals surface area (Å²) in [6.45, 7) is -0.0319. The molecule has 1 aromatic rings. The lowest BCUT2D eigenvalue weighted by molar-refractivity contribution is 0.0985. The number of carbonyl (C=O) groups excluding carboxylic acids is 1. The van der Waals surface area contributed by atoms with Crippen molar-refractivity contribution in [3.63, 3.8) is 0 Å². The van der Waals surface area contributed by atoms with Crippen molar-refractivity contribution < 1.29 is 21.6 Å². The van der Waals surface area contributed by atoms with E-state index in [1.807, 2.05) is 4.72 Å². The van der Waals surface area contributed by atoms with Gasteiger partial charge in [0.05, 0.1) is 11.8 Å². The van der Waals surface area contributed by atoms with E-state index in [1.54, 1.807) is 0 Å². The van der Waals surface area contributed by atoms with Crippen molar-refractivity contribution in [2.45, 2.75) is 11.4 Å². The average molecular weight is 290 g/mol. The highest BCUT2D eigenvalue weighted by atomic mass is 32.2. The zero-order valence-electron chi connectivity index (χ0n) is 9.30. The van der Waals surface area contributed by atoms with Gasteiger partial charge in [0.1, 0.15) is 4.90 Å². The molecule has 0 unspecified atom stereocenters. The summed E-state index contributed by atoms with van der Waals surface area (Å²) >= 11 is 0. The summed E-state index contributed by atoms with van der Waals surface area (Å²) in [6, 6.07) is 4.13. The Morgan fingerprint density at radius 1 is 1.33 bits per heavy atom. The molecule has 0 fully saturated rings. The third kappa shape index (κ3) is 2.52. The number of rotatable bonds is 3. The summed E-state index contributed by atoms with van der Waals surface area (Å²) in [7, 11) is -7.17. The highest BCUT2D eigenvalue weighted by Crippen LogP contribution is 2.23. The van der Waals surface area contributed by atoms with Gasteiger partial charge in [-0.25, -0.2) is 26.3 Å². The van der Waals surface area contributed by atoms with Gasteiger partial charge in [-0.05, 0) is 17.7 Å². The fraction of sp³-hybridized carbons (Fsp3) is 0.222. The molecule has 1 aromatic carbocycles. The van der Waals surface area contributed by atoms with E-state index in [0.29, 0.717) is 5.56 Å². The summed E-state index contributed by atoms with van der Waals surface area (Å²) in [5, 5.41) is 0. The minimum absolute atomic E-state index is 0.0319. The van der Waals surface area contributed by atoms with Gasteiger partial charge in [-0.3, -0.25) is 4.79 Å². The molecule has 0 saturated heterocycles. The second-order valence-electron chi connectivity index (χ2n) is 3.86. The van der Waals surface area contributed by atoms with Gasteiger partial charge in [0.2, 0.25) is 10.0 Å². The average Bonchev–Trinajstić information content (AvgIpc) is 2.46. The lowest BCUT2D eigenvalue weighted by Gasteiger charge is -2.03. The van der Waals surface area contributed by atoms with E-state index in [1.165, 1.54) is 18.2 Å². The predicted molar refractivity (Wildman–Crippen MR) is 62.8 cm³/mol. The molecule has 1 heterocycles. The Balaban J connectivity index is 2.37. The SMILES string of the molecule is CS(=O)(=O)NCc1ccc2c(c1)S(=O)(=O)NC2=O. The Kier molecular flexibility index (Phi) is 2.92. The third-order valence-electron chi connectivity index (χ3n) is 2.35. The summed E-state index contributed by atoms with van der Waals surface area (Å²) in [5.41, 5.74) is 0.525. The first-order valence-corrected chi connectivity index (χ1v) is 8.21. The Labute approximate surface area is 104 Å². The molecule has 7 nitrogen and oxygen atoms in total. The molecule has 1 aliphatic heterocycles. The number of fused-ring (bicyclic) bond motifs is 1. The molecular weight excluding hydrogens is 280 g/mol. The summed E-state index contributed by atoms with van der Waals surface area (Å²) in [4.78, 5) is 11.2. The smallest absolute Gasteiger partial charge is 0.266 e. The normalized spacial score (nSPS) is 17.3. The van der Waals surface area contributed by atoms with E-state index in [2.05, 4.69) is 4.72 Å². The second kappa shape index (κ2) is 4.04. The number of carbonyl (C=O) groups is 1. The van der Waals surface area contributed by atoms with Crippen molar-refractivity contribution in [2.75, 3.05) is 6.26 Å². The van der Waals surface area contributed by atoms with Crippen LogP contribution in [0.2, 0.25) is 0 Å². The van der Waals surface area contributed by atoms with Crippen LogP contribution in [0.25, 0.3) is 0 Å². The van der Waals surface area contributed by atoms with Crippen LogP contribution in [0, 0.1) is 0 Å². The zero-order valence-corrected chi connectivity index (χ0v) is 10.9. The maximum atomic E-state index is 11.5. The van der Waals surface area contributed by atoms with Gasteiger partial charge in [0.15, 0.2) is 0 Å². The van der Waals surface area contributed by atoms with Crippen LogP contribution >= 0.6 is 0 Å². The minimum atomic E-state index is -3.81. The number of nitrogens with one attached hydrogen (secondary N) is 2. The van der Waals surface area contributed by atoms with Crippen LogP contribution in [0.15, 0.2) is 23.1 Å². The van der Waals surface area contributed by atoms with Gasteiger partial charge in [-0.2, -0.15) is 0 Å². The van der Waals surface area contributed by atoms with Crippen molar-refractivity contribution in [2.24, 2.45) is 0 Å². The standard InChI is InChI=1S/C9H10N2O5S2/c1-17(13,14)10-5-6-2-3-7-8(4-6)18(15,16)11-9(7)12/h2-4,10H,5H2,1H3,(H,11,12). The van der Waals surface area contributed by atoms with Gasteiger partial charge in [0.25, 0.3) is 15.9 Å². The maximum Gasteiger partial charge on any atom is 0.266 e. The zero-order chi connectivity index (χ0) is 13.6. The minimum Gasteiger partial charge on any atom is -0.268 e. The first kappa shape index (κ1) is 13.0. The number of hydrogen-bond acceptors (Lipinski definition) is 5. The molecule has 0 saturated carbocycles.